The van der Waals surface area contributed by atoms with Crippen LogP contribution < -0.4 is 10.6 Å². The first kappa shape index (κ1) is 16.5. The predicted octanol–water partition coefficient (Wildman–Crippen LogP) is 4.70. The van der Waals surface area contributed by atoms with E-state index in [1.54, 1.807) is 0 Å². The van der Waals surface area contributed by atoms with E-state index in [-0.39, 0.29) is 6.17 Å². The van der Waals surface area contributed by atoms with Crippen molar-refractivity contribution in [2.75, 3.05) is 0 Å². The zero-order chi connectivity index (χ0) is 18.1. The van der Waals surface area contributed by atoms with Crippen LogP contribution in [0.4, 0.5) is 0 Å². The van der Waals surface area contributed by atoms with Gasteiger partial charge in [-0.1, -0.05) is 62.4 Å². The molecule has 4 heteroatoms. The van der Waals surface area contributed by atoms with Crippen LogP contribution in [0.3, 0.4) is 0 Å². The Hall–Kier alpha value is -3.01. The maximum absolute atomic E-state index is 4.45. The van der Waals surface area contributed by atoms with Crippen molar-refractivity contribution in [1.82, 2.24) is 20.6 Å². The van der Waals surface area contributed by atoms with Gasteiger partial charge in [-0.2, -0.15) is 0 Å². The fourth-order valence-corrected chi connectivity index (χ4v) is 3.15. The molecule has 0 amide bonds. The smallest absolute Gasteiger partial charge is 0.109 e. The molecular weight excluding hydrogens is 320 g/mol. The highest BCUT2D eigenvalue weighted by Crippen LogP contribution is 2.26. The molecule has 0 saturated carbocycles. The van der Waals surface area contributed by atoms with Gasteiger partial charge in [-0.3, -0.25) is 0 Å². The van der Waals surface area contributed by atoms with Gasteiger partial charge in [-0.25, -0.2) is 4.98 Å². The largest absolute Gasteiger partial charge is 0.370 e. The summed E-state index contributed by atoms with van der Waals surface area (Å²) in [5.74, 6) is 1.43. The molecule has 1 atom stereocenters. The normalized spacial score (nSPS) is 16.3. The molecule has 1 aliphatic heterocycles. The van der Waals surface area contributed by atoms with Crippen molar-refractivity contribution < 1.29 is 0 Å². The molecule has 0 bridgehead atoms. The molecule has 3 N–H and O–H groups in total. The lowest BCUT2D eigenvalue weighted by Crippen LogP contribution is -2.27. The molecule has 0 radical (unpaired) electrons. The molecule has 1 unspecified atom stereocenters. The average molecular weight is 344 g/mol. The van der Waals surface area contributed by atoms with Crippen LogP contribution in [0.5, 0.6) is 0 Å². The summed E-state index contributed by atoms with van der Waals surface area (Å²) in [7, 11) is 0. The van der Waals surface area contributed by atoms with Gasteiger partial charge in [0.05, 0.1) is 23.8 Å². The second-order valence-electron chi connectivity index (χ2n) is 7.08. The zero-order valence-electron chi connectivity index (χ0n) is 15.4. The summed E-state index contributed by atoms with van der Waals surface area (Å²) in [4.78, 5) is 7.85. The number of aromatic nitrogens is 2. The Labute approximate surface area is 154 Å². The van der Waals surface area contributed by atoms with E-state index in [0.29, 0.717) is 5.92 Å². The number of rotatable bonds is 4. The minimum atomic E-state index is 0.288. The number of hydrogen-bond acceptors (Lipinski definition) is 3. The fraction of sp³-hybridized carbons (Fsp3) is 0.227. The summed E-state index contributed by atoms with van der Waals surface area (Å²) in [6, 6.07) is 17.3. The van der Waals surface area contributed by atoms with Gasteiger partial charge < -0.3 is 15.6 Å². The van der Waals surface area contributed by atoms with E-state index >= 15 is 0 Å². The quantitative estimate of drug-likeness (QED) is 0.643. The lowest BCUT2D eigenvalue weighted by Gasteiger charge is -2.09. The van der Waals surface area contributed by atoms with Gasteiger partial charge in [-0.15, -0.1) is 0 Å². The molecule has 0 saturated heterocycles. The highest BCUT2D eigenvalue weighted by molar-refractivity contribution is 5.72. The molecule has 4 nitrogen and oxygen atoms in total. The average Bonchev–Trinajstić information content (AvgIpc) is 3.31. The third kappa shape index (κ3) is 3.23. The van der Waals surface area contributed by atoms with Gasteiger partial charge >= 0.3 is 0 Å². The summed E-state index contributed by atoms with van der Waals surface area (Å²) in [5, 5.41) is 6.67. The lowest BCUT2D eigenvalue weighted by atomic mass is 10.0. The third-order valence-corrected chi connectivity index (χ3v) is 4.72. The summed E-state index contributed by atoms with van der Waals surface area (Å²) in [6.45, 7) is 6.38. The first-order valence-electron chi connectivity index (χ1n) is 9.09. The Bertz CT molecular complexity index is 918. The van der Waals surface area contributed by atoms with Gasteiger partial charge in [-0.05, 0) is 29.2 Å². The summed E-state index contributed by atoms with van der Waals surface area (Å²) in [6.07, 6.45) is 4.23. The van der Waals surface area contributed by atoms with Crippen LogP contribution >= 0.6 is 0 Å². The Morgan fingerprint density at radius 3 is 1.92 bits per heavy atom. The maximum atomic E-state index is 4.45. The second-order valence-corrected chi connectivity index (χ2v) is 7.08. The number of nitrogens with zero attached hydrogens (tertiary/aromatic N) is 1. The Balaban J connectivity index is 1.53. The fourth-order valence-electron chi connectivity index (χ4n) is 3.15. The standard InChI is InChI=1S/C22H24N4/c1-14(2)22-24-13-21(26-22)19-10-6-17(7-11-19)16-4-8-18(9-5-16)20-12-23-15(3)25-20/h4-15,23,25H,1-3H3,(H,24,26). The van der Waals surface area contributed by atoms with Gasteiger partial charge in [0.25, 0.3) is 0 Å². The number of H-pyrrole nitrogens is 1. The Kier molecular flexibility index (Phi) is 4.25. The molecule has 1 aromatic heterocycles. The van der Waals surface area contributed by atoms with Crippen molar-refractivity contribution in [1.29, 1.82) is 0 Å². The maximum Gasteiger partial charge on any atom is 0.109 e. The zero-order valence-corrected chi connectivity index (χ0v) is 15.4. The van der Waals surface area contributed by atoms with Crippen molar-refractivity contribution >= 4 is 5.70 Å². The van der Waals surface area contributed by atoms with Crippen LogP contribution in [-0.2, 0) is 0 Å². The molecule has 26 heavy (non-hydrogen) atoms. The molecule has 3 aromatic rings. The summed E-state index contributed by atoms with van der Waals surface area (Å²) in [5.41, 5.74) is 6.98. The molecule has 0 aliphatic carbocycles. The molecule has 2 aromatic carbocycles. The first-order valence-corrected chi connectivity index (χ1v) is 9.09. The van der Waals surface area contributed by atoms with Crippen molar-refractivity contribution in [2.45, 2.75) is 32.9 Å². The molecule has 2 heterocycles. The topological polar surface area (TPSA) is 52.7 Å². The molecule has 1 aliphatic rings. The number of benzene rings is 2. The van der Waals surface area contributed by atoms with Crippen molar-refractivity contribution in [2.24, 2.45) is 0 Å². The van der Waals surface area contributed by atoms with Crippen LogP contribution in [0.25, 0.3) is 28.1 Å². The molecule has 0 spiro atoms. The van der Waals surface area contributed by atoms with Crippen LogP contribution in [-0.4, -0.2) is 16.1 Å². The number of aromatic amines is 1. The van der Waals surface area contributed by atoms with Gasteiger partial charge in [0, 0.05) is 12.1 Å². The van der Waals surface area contributed by atoms with Crippen molar-refractivity contribution in [3.8, 4) is 22.4 Å². The molecule has 132 valence electrons. The highest BCUT2D eigenvalue weighted by Gasteiger charge is 2.11. The van der Waals surface area contributed by atoms with E-state index in [4.69, 9.17) is 0 Å². The van der Waals surface area contributed by atoms with Crippen LogP contribution in [0.15, 0.2) is 60.9 Å². The summed E-state index contributed by atoms with van der Waals surface area (Å²) >= 11 is 0. The van der Waals surface area contributed by atoms with Crippen LogP contribution in [0.1, 0.15) is 38.1 Å². The van der Waals surface area contributed by atoms with E-state index in [1.165, 1.54) is 16.7 Å². The van der Waals surface area contributed by atoms with Crippen LogP contribution in [0, 0.1) is 0 Å². The van der Waals surface area contributed by atoms with Crippen LogP contribution in [0.2, 0.25) is 0 Å². The van der Waals surface area contributed by atoms with E-state index in [2.05, 4.69) is 89.9 Å². The third-order valence-electron chi connectivity index (χ3n) is 4.72. The summed E-state index contributed by atoms with van der Waals surface area (Å²) < 4.78 is 0. The van der Waals surface area contributed by atoms with Gasteiger partial charge in [0.1, 0.15) is 5.82 Å². The molecule has 4 rings (SSSR count). The molecule has 0 fully saturated rings. The SMILES string of the molecule is CC1NC=C(c2ccc(-c3ccc(-c4cnc(C(C)C)[nH]4)cc3)cc2)N1. The van der Waals surface area contributed by atoms with E-state index in [1.807, 2.05) is 12.4 Å². The Morgan fingerprint density at radius 2 is 1.42 bits per heavy atom. The van der Waals surface area contributed by atoms with Crippen molar-refractivity contribution in [3.63, 3.8) is 0 Å². The van der Waals surface area contributed by atoms with E-state index in [0.717, 1.165) is 22.8 Å². The number of nitrogens with one attached hydrogen (secondary N) is 3. The molecular formula is C22H24N4. The lowest BCUT2D eigenvalue weighted by molar-refractivity contribution is 0.631. The minimum absolute atomic E-state index is 0.288. The van der Waals surface area contributed by atoms with Gasteiger partial charge in [0.15, 0.2) is 0 Å². The number of imidazole rings is 1. The monoisotopic (exact) mass is 344 g/mol. The van der Waals surface area contributed by atoms with E-state index in [9.17, 15) is 0 Å². The van der Waals surface area contributed by atoms with Crippen molar-refractivity contribution in [3.05, 3.63) is 72.3 Å². The van der Waals surface area contributed by atoms with Gasteiger partial charge in [0.2, 0.25) is 0 Å². The number of hydrogen-bond donors (Lipinski definition) is 3. The second kappa shape index (κ2) is 6.71. The minimum Gasteiger partial charge on any atom is -0.370 e. The van der Waals surface area contributed by atoms with E-state index < -0.39 is 0 Å². The predicted molar refractivity (Wildman–Crippen MR) is 107 cm³/mol. The Morgan fingerprint density at radius 1 is 0.846 bits per heavy atom. The first-order chi connectivity index (χ1) is 12.6. The highest BCUT2D eigenvalue weighted by atomic mass is 15.2.